The van der Waals surface area contributed by atoms with Crippen LogP contribution in [0.15, 0.2) is 41.5 Å². The molecule has 0 aliphatic carbocycles. The van der Waals surface area contributed by atoms with Crippen molar-refractivity contribution in [2.75, 3.05) is 0 Å². The highest BCUT2D eigenvalue weighted by Gasteiger charge is 2.24. The van der Waals surface area contributed by atoms with Crippen LogP contribution in [0.4, 0.5) is 9.18 Å². The average Bonchev–Trinajstić information content (AvgIpc) is 2.63. The van der Waals surface area contributed by atoms with Crippen molar-refractivity contribution >= 4 is 28.6 Å². The first-order valence-corrected chi connectivity index (χ1v) is 9.27. The van der Waals surface area contributed by atoms with E-state index in [2.05, 4.69) is 15.3 Å². The van der Waals surface area contributed by atoms with Gasteiger partial charge in [-0.1, -0.05) is 11.6 Å². The monoisotopic (exact) mass is 418 g/mol. The van der Waals surface area contributed by atoms with E-state index in [1.807, 2.05) is 0 Å². The lowest BCUT2D eigenvalue weighted by Crippen LogP contribution is -2.37. The van der Waals surface area contributed by atoms with Gasteiger partial charge in [-0.15, -0.1) is 0 Å². The van der Waals surface area contributed by atoms with Crippen LogP contribution < -0.4 is 10.9 Å². The van der Waals surface area contributed by atoms with E-state index in [0.717, 1.165) is 6.07 Å². The van der Waals surface area contributed by atoms with Crippen LogP contribution >= 0.6 is 11.6 Å². The zero-order chi connectivity index (χ0) is 21.3. The van der Waals surface area contributed by atoms with Crippen molar-refractivity contribution in [2.24, 2.45) is 0 Å². The number of carbonyl (C=O) groups excluding carboxylic acids is 1. The standard InChI is InChI=1S/C20H20ClFN4O3/c1-11(24-19(28)29-20(2,3)4)17-25-14-8-7-13(22)16(21)15(14)18(27)26(17)12-6-5-9-23-10-12/h5-11H,1-4H3,(H,24,28). The molecule has 9 heteroatoms. The molecule has 3 aromatic rings. The molecule has 7 nitrogen and oxygen atoms in total. The molecular weight excluding hydrogens is 399 g/mol. The quantitative estimate of drug-likeness (QED) is 0.690. The predicted molar refractivity (Wildman–Crippen MR) is 108 cm³/mol. The number of nitrogens with one attached hydrogen (secondary N) is 1. The van der Waals surface area contributed by atoms with Gasteiger partial charge in [0, 0.05) is 6.20 Å². The number of fused-ring (bicyclic) bond motifs is 1. The Bertz CT molecular complexity index is 1130. The van der Waals surface area contributed by atoms with Gasteiger partial charge in [0.25, 0.3) is 5.56 Å². The Balaban J connectivity index is 2.19. The molecule has 1 aromatic carbocycles. The zero-order valence-corrected chi connectivity index (χ0v) is 17.1. The molecule has 1 atom stereocenters. The van der Waals surface area contributed by atoms with E-state index in [1.165, 1.54) is 16.8 Å². The Morgan fingerprint density at radius 3 is 2.66 bits per heavy atom. The molecule has 1 unspecified atom stereocenters. The maximum atomic E-state index is 14.0. The molecule has 152 valence electrons. The third-order valence-electron chi connectivity index (χ3n) is 3.98. The first kappa shape index (κ1) is 20.7. The molecule has 0 radical (unpaired) electrons. The van der Waals surface area contributed by atoms with Crippen molar-refractivity contribution in [3.05, 3.63) is 63.7 Å². The number of rotatable bonds is 3. The summed E-state index contributed by atoms with van der Waals surface area (Å²) in [5, 5.41) is 2.31. The molecule has 2 aromatic heterocycles. The molecule has 0 bridgehead atoms. The minimum Gasteiger partial charge on any atom is -0.444 e. The smallest absolute Gasteiger partial charge is 0.408 e. The summed E-state index contributed by atoms with van der Waals surface area (Å²) in [5.41, 5.74) is -0.635. The highest BCUT2D eigenvalue weighted by atomic mass is 35.5. The van der Waals surface area contributed by atoms with Crippen LogP contribution in [0.25, 0.3) is 16.6 Å². The lowest BCUT2D eigenvalue weighted by Gasteiger charge is -2.23. The van der Waals surface area contributed by atoms with E-state index >= 15 is 0 Å². The molecule has 0 aliphatic heterocycles. The number of aromatic nitrogens is 3. The van der Waals surface area contributed by atoms with E-state index < -0.39 is 29.1 Å². The van der Waals surface area contributed by atoms with Gasteiger partial charge < -0.3 is 10.1 Å². The lowest BCUT2D eigenvalue weighted by atomic mass is 10.2. The maximum absolute atomic E-state index is 14.0. The molecule has 1 amide bonds. The van der Waals surface area contributed by atoms with Crippen molar-refractivity contribution in [1.82, 2.24) is 19.9 Å². The number of nitrogens with zero attached hydrogens (tertiary/aromatic N) is 3. The highest BCUT2D eigenvalue weighted by molar-refractivity contribution is 6.35. The fraction of sp³-hybridized carbons (Fsp3) is 0.300. The van der Waals surface area contributed by atoms with Gasteiger partial charge in [-0.3, -0.25) is 14.3 Å². The number of amides is 1. The van der Waals surface area contributed by atoms with Gasteiger partial charge in [0.05, 0.1) is 33.9 Å². The van der Waals surface area contributed by atoms with Crippen molar-refractivity contribution in [3.8, 4) is 5.69 Å². The second kappa shape index (κ2) is 7.79. The van der Waals surface area contributed by atoms with Gasteiger partial charge in [0.2, 0.25) is 0 Å². The molecule has 0 saturated heterocycles. The minimum atomic E-state index is -0.719. The van der Waals surface area contributed by atoms with Crippen LogP contribution in [-0.4, -0.2) is 26.2 Å². The van der Waals surface area contributed by atoms with Crippen LogP contribution in [-0.2, 0) is 4.74 Å². The summed E-state index contributed by atoms with van der Waals surface area (Å²) in [6.45, 7) is 6.89. The largest absolute Gasteiger partial charge is 0.444 e. The zero-order valence-electron chi connectivity index (χ0n) is 16.4. The lowest BCUT2D eigenvalue weighted by molar-refractivity contribution is 0.0505. The molecular formula is C20H20ClFN4O3. The van der Waals surface area contributed by atoms with Gasteiger partial charge in [-0.05, 0) is 52.0 Å². The van der Waals surface area contributed by atoms with Gasteiger partial charge in [-0.2, -0.15) is 0 Å². The maximum Gasteiger partial charge on any atom is 0.408 e. The average molecular weight is 419 g/mol. The normalized spacial score (nSPS) is 12.6. The Morgan fingerprint density at radius 1 is 1.31 bits per heavy atom. The van der Waals surface area contributed by atoms with Crippen LogP contribution in [0.5, 0.6) is 0 Å². The molecule has 1 N–H and O–H groups in total. The molecule has 2 heterocycles. The molecule has 0 fully saturated rings. The minimum absolute atomic E-state index is 0.0521. The number of halogens is 2. The summed E-state index contributed by atoms with van der Waals surface area (Å²) in [6.07, 6.45) is 2.36. The summed E-state index contributed by atoms with van der Waals surface area (Å²) in [7, 11) is 0. The topological polar surface area (TPSA) is 86.1 Å². The predicted octanol–water partition coefficient (Wildman–Crippen LogP) is 4.16. The summed E-state index contributed by atoms with van der Waals surface area (Å²) >= 11 is 6.05. The van der Waals surface area contributed by atoms with Gasteiger partial charge in [-0.25, -0.2) is 14.2 Å². The van der Waals surface area contributed by atoms with Gasteiger partial charge in [0.15, 0.2) is 0 Å². The van der Waals surface area contributed by atoms with Crippen molar-refractivity contribution in [1.29, 1.82) is 0 Å². The second-order valence-corrected chi connectivity index (χ2v) is 7.82. The Hall–Kier alpha value is -3.00. The summed E-state index contributed by atoms with van der Waals surface area (Å²) in [6, 6.07) is 5.11. The second-order valence-electron chi connectivity index (χ2n) is 7.45. The number of carbonyl (C=O) groups is 1. The van der Waals surface area contributed by atoms with Crippen LogP contribution in [0.1, 0.15) is 39.6 Å². The van der Waals surface area contributed by atoms with Crippen molar-refractivity contribution < 1.29 is 13.9 Å². The van der Waals surface area contributed by atoms with E-state index in [0.29, 0.717) is 5.69 Å². The van der Waals surface area contributed by atoms with E-state index in [1.54, 1.807) is 46.0 Å². The third kappa shape index (κ3) is 4.37. The number of pyridine rings is 1. The molecule has 0 spiro atoms. The first-order valence-electron chi connectivity index (χ1n) is 8.89. The Kier molecular flexibility index (Phi) is 5.57. The number of hydrogen-bond acceptors (Lipinski definition) is 5. The SMILES string of the molecule is CC(NC(=O)OC(C)(C)C)c1nc2ccc(F)c(Cl)c2c(=O)n1-c1cccnc1. The van der Waals surface area contributed by atoms with Crippen molar-refractivity contribution in [2.45, 2.75) is 39.3 Å². The molecule has 0 aliphatic rings. The molecule has 29 heavy (non-hydrogen) atoms. The van der Waals surface area contributed by atoms with E-state index in [9.17, 15) is 14.0 Å². The first-order chi connectivity index (χ1) is 13.6. The highest BCUT2D eigenvalue weighted by Crippen LogP contribution is 2.25. The van der Waals surface area contributed by atoms with Gasteiger partial charge in [0.1, 0.15) is 17.2 Å². The Morgan fingerprint density at radius 2 is 2.03 bits per heavy atom. The summed E-state index contributed by atoms with van der Waals surface area (Å²) in [5.74, 6) is -0.493. The van der Waals surface area contributed by atoms with Crippen LogP contribution in [0.2, 0.25) is 5.02 Å². The van der Waals surface area contributed by atoms with Crippen LogP contribution in [0.3, 0.4) is 0 Å². The number of benzene rings is 1. The van der Waals surface area contributed by atoms with E-state index in [-0.39, 0.29) is 21.7 Å². The van der Waals surface area contributed by atoms with E-state index in [4.69, 9.17) is 16.3 Å². The third-order valence-corrected chi connectivity index (χ3v) is 4.35. The fourth-order valence-electron chi connectivity index (χ4n) is 2.80. The molecule has 0 saturated carbocycles. The van der Waals surface area contributed by atoms with Gasteiger partial charge >= 0.3 is 6.09 Å². The summed E-state index contributed by atoms with van der Waals surface area (Å²) in [4.78, 5) is 34.0. The summed E-state index contributed by atoms with van der Waals surface area (Å²) < 4.78 is 20.5. The number of ether oxygens (including phenoxy) is 1. The number of alkyl carbamates (subject to hydrolysis) is 1. The Labute approximate surface area is 171 Å². The fourth-order valence-corrected chi connectivity index (χ4v) is 3.04. The number of hydrogen-bond donors (Lipinski definition) is 1. The van der Waals surface area contributed by atoms with Crippen LogP contribution in [0, 0.1) is 5.82 Å². The molecule has 3 rings (SSSR count). The van der Waals surface area contributed by atoms with Crippen molar-refractivity contribution in [3.63, 3.8) is 0 Å².